The summed E-state index contributed by atoms with van der Waals surface area (Å²) in [7, 11) is 4.25. The minimum atomic E-state index is -0.259. The first kappa shape index (κ1) is 24.1. The van der Waals surface area contributed by atoms with Crippen molar-refractivity contribution in [3.05, 3.63) is 77.8 Å². The summed E-state index contributed by atoms with van der Waals surface area (Å²) in [6, 6.07) is 2.47. The average molecular weight is 423 g/mol. The van der Waals surface area contributed by atoms with E-state index >= 15 is 0 Å². The van der Waals surface area contributed by atoms with Crippen LogP contribution in [0, 0.1) is 26.5 Å². The predicted molar refractivity (Wildman–Crippen MR) is 120 cm³/mol. The number of hydrogen-bond donors (Lipinski definition) is 0. The van der Waals surface area contributed by atoms with Crippen LogP contribution < -0.4 is 18.9 Å². The van der Waals surface area contributed by atoms with Crippen LogP contribution in [0.3, 0.4) is 0 Å². The Morgan fingerprint density at radius 1 is 1.25 bits per heavy atom. The minimum absolute atomic E-state index is 0. The number of nitrogens with zero attached hydrogens (tertiary/aromatic N) is 6. The van der Waals surface area contributed by atoms with Gasteiger partial charge in [-0.2, -0.15) is 11.2 Å². The second-order valence-electron chi connectivity index (χ2n) is 8.32. The molecule has 0 aliphatic carbocycles. The molecular weight excluding hydrogens is 395 g/mol. The molecule has 0 N–H and O–H groups in total. The van der Waals surface area contributed by atoms with E-state index in [4.69, 9.17) is 6.58 Å². The van der Waals surface area contributed by atoms with Crippen molar-refractivity contribution in [1.82, 2.24) is 29.3 Å². The molecule has 8 heteroatoms. The van der Waals surface area contributed by atoms with Crippen molar-refractivity contribution >= 4 is 11.4 Å². The first-order valence-corrected chi connectivity index (χ1v) is 10.5. The van der Waals surface area contributed by atoms with Gasteiger partial charge in [0.25, 0.3) is 0 Å². The third-order valence-corrected chi connectivity index (χ3v) is 5.86. The summed E-state index contributed by atoms with van der Waals surface area (Å²) in [5.74, 6) is -0.259. The Kier molecular flexibility index (Phi) is 7.45. The predicted octanol–water partition coefficient (Wildman–Crippen LogP) is -0.360. The standard InChI is InChI=1S/C24H28N6O.Li/c1-17-15-30-23(19(3)25-17)14-20(26-30)7-9-24(31)29-16-22(8-6-18(29)2)28-12-10-21(11-13-28)27(4)5;/h2,6,8-9,14-16,21H,10-13H2,1,3-5H3;/q-2;+1. The van der Waals surface area contributed by atoms with E-state index in [1.807, 2.05) is 38.4 Å². The van der Waals surface area contributed by atoms with Gasteiger partial charge in [-0.05, 0) is 46.5 Å². The summed E-state index contributed by atoms with van der Waals surface area (Å²) in [5.41, 5.74) is 4.62. The maximum atomic E-state index is 12.8. The monoisotopic (exact) mass is 423 g/mol. The fourth-order valence-electron chi connectivity index (χ4n) is 4.09. The molecule has 2 aromatic heterocycles. The fourth-order valence-corrected chi connectivity index (χ4v) is 4.09. The smallest absolute Gasteiger partial charge is 0.371 e. The van der Waals surface area contributed by atoms with Crippen LogP contribution in [0.2, 0.25) is 0 Å². The Bertz CT molecular complexity index is 1110. The van der Waals surface area contributed by atoms with Crippen molar-refractivity contribution in [1.29, 1.82) is 0 Å². The fraction of sp³-hybridized carbons (Fsp3) is 0.375. The zero-order valence-electron chi connectivity index (χ0n) is 19.5. The molecular formula is C24H28LiN6O-. The quantitative estimate of drug-likeness (QED) is 0.382. The molecule has 0 bridgehead atoms. The second kappa shape index (κ2) is 9.91. The number of fused-ring (bicyclic) bond motifs is 1. The van der Waals surface area contributed by atoms with Crippen LogP contribution in [0.1, 0.15) is 29.9 Å². The maximum Gasteiger partial charge on any atom is 1.00 e. The van der Waals surface area contributed by atoms with Gasteiger partial charge >= 0.3 is 18.9 Å². The molecule has 2 aromatic rings. The van der Waals surface area contributed by atoms with E-state index < -0.39 is 0 Å². The van der Waals surface area contributed by atoms with Crippen molar-refractivity contribution in [3.63, 3.8) is 0 Å². The van der Waals surface area contributed by atoms with Gasteiger partial charge in [-0.15, -0.1) is 30.0 Å². The van der Waals surface area contributed by atoms with Crippen LogP contribution >= 0.6 is 0 Å². The van der Waals surface area contributed by atoms with Gasteiger partial charge < -0.3 is 19.5 Å². The van der Waals surface area contributed by atoms with Gasteiger partial charge in [-0.3, -0.25) is 16.1 Å². The molecule has 2 aliphatic heterocycles. The number of carbonyl (C=O) groups excluding carboxylic acids is 1. The molecule has 1 saturated heterocycles. The Hall–Kier alpha value is -2.59. The molecule has 162 valence electrons. The Morgan fingerprint density at radius 3 is 2.66 bits per heavy atom. The number of hydrogen-bond acceptors (Lipinski definition) is 5. The van der Waals surface area contributed by atoms with E-state index in [0.29, 0.717) is 17.4 Å². The molecule has 0 aromatic carbocycles. The van der Waals surface area contributed by atoms with Crippen LogP contribution in [-0.2, 0) is 4.79 Å². The third kappa shape index (κ3) is 5.07. The van der Waals surface area contributed by atoms with E-state index in [9.17, 15) is 4.79 Å². The van der Waals surface area contributed by atoms with Gasteiger partial charge in [-0.1, -0.05) is 0 Å². The SMILES string of the molecule is [CH-]=C1C=CC(N2CCC(N(C)C)CC2)=CN1C(=O)C=[C-]c1cc2c(C)nc(C)cn2n1.[Li+]. The van der Waals surface area contributed by atoms with Crippen molar-refractivity contribution in [2.45, 2.75) is 32.7 Å². The number of piperidine rings is 1. The van der Waals surface area contributed by atoms with Crippen molar-refractivity contribution in [3.8, 4) is 0 Å². The van der Waals surface area contributed by atoms with Gasteiger partial charge in [0.05, 0.1) is 11.4 Å². The second-order valence-corrected chi connectivity index (χ2v) is 8.32. The molecule has 32 heavy (non-hydrogen) atoms. The van der Waals surface area contributed by atoms with Crippen molar-refractivity contribution < 1.29 is 23.7 Å². The number of carbonyl (C=O) groups is 1. The van der Waals surface area contributed by atoms with E-state index in [1.54, 1.807) is 10.6 Å². The van der Waals surface area contributed by atoms with Gasteiger partial charge in [0.15, 0.2) is 0 Å². The third-order valence-electron chi connectivity index (χ3n) is 5.86. The summed E-state index contributed by atoms with van der Waals surface area (Å²) in [5, 5.41) is 4.46. The number of rotatable bonds is 4. The van der Waals surface area contributed by atoms with Gasteiger partial charge in [-0.25, -0.2) is 0 Å². The molecule has 0 radical (unpaired) electrons. The van der Waals surface area contributed by atoms with E-state index in [-0.39, 0.29) is 24.8 Å². The molecule has 0 unspecified atom stereocenters. The largest absolute Gasteiger partial charge is 1.00 e. The van der Waals surface area contributed by atoms with Crippen LogP contribution in [0.4, 0.5) is 0 Å². The molecule has 1 fully saturated rings. The number of amides is 1. The number of aromatic nitrogens is 3. The molecule has 0 spiro atoms. The van der Waals surface area contributed by atoms with Gasteiger partial charge in [0.2, 0.25) is 0 Å². The number of aryl methyl sites for hydroxylation is 2. The van der Waals surface area contributed by atoms with E-state index in [2.05, 4.69) is 40.1 Å². The van der Waals surface area contributed by atoms with Crippen molar-refractivity contribution in [2.75, 3.05) is 27.2 Å². The molecule has 0 atom stereocenters. The van der Waals surface area contributed by atoms with Crippen LogP contribution in [0.15, 0.2) is 48.1 Å². The normalized spacial score (nSPS) is 17.4. The first-order chi connectivity index (χ1) is 14.8. The zero-order valence-corrected chi connectivity index (χ0v) is 19.5. The first-order valence-electron chi connectivity index (χ1n) is 10.5. The summed E-state index contributed by atoms with van der Waals surface area (Å²) < 4.78 is 1.76. The summed E-state index contributed by atoms with van der Waals surface area (Å²) >= 11 is 0. The Balaban J connectivity index is 0.00000289. The average Bonchev–Trinajstić information content (AvgIpc) is 3.15. The van der Waals surface area contributed by atoms with Crippen LogP contribution in [0.25, 0.3) is 5.52 Å². The Labute approximate surface area is 201 Å². The number of likely N-dealkylation sites (tertiary alicyclic amines) is 1. The van der Waals surface area contributed by atoms with E-state index in [1.165, 1.54) is 11.0 Å². The molecule has 2 aliphatic rings. The molecule has 7 nitrogen and oxygen atoms in total. The van der Waals surface area contributed by atoms with Crippen LogP contribution in [-0.4, -0.2) is 68.4 Å². The number of allylic oxidation sites excluding steroid dienone is 2. The van der Waals surface area contributed by atoms with Gasteiger partial charge in [0, 0.05) is 42.7 Å². The topological polar surface area (TPSA) is 57.0 Å². The Morgan fingerprint density at radius 2 is 1.97 bits per heavy atom. The molecule has 1 amide bonds. The van der Waals surface area contributed by atoms with E-state index in [0.717, 1.165) is 48.5 Å². The summed E-state index contributed by atoms with van der Waals surface area (Å²) in [6.45, 7) is 11.9. The summed E-state index contributed by atoms with van der Waals surface area (Å²) in [6.07, 6.45) is 14.0. The molecule has 4 rings (SSSR count). The zero-order chi connectivity index (χ0) is 22.1. The molecule has 0 saturated carbocycles. The summed E-state index contributed by atoms with van der Waals surface area (Å²) in [4.78, 5) is 23.3. The van der Waals surface area contributed by atoms with Gasteiger partial charge in [0.1, 0.15) is 5.91 Å². The molecule has 4 heterocycles. The minimum Gasteiger partial charge on any atom is -0.371 e. The van der Waals surface area contributed by atoms with Crippen molar-refractivity contribution in [2.24, 2.45) is 0 Å². The maximum absolute atomic E-state index is 12.8. The van der Waals surface area contributed by atoms with Crippen LogP contribution in [0.5, 0.6) is 0 Å².